The summed E-state index contributed by atoms with van der Waals surface area (Å²) >= 11 is 3.14. The van der Waals surface area contributed by atoms with Crippen molar-refractivity contribution >= 4 is 26.0 Å². The van der Waals surface area contributed by atoms with Gasteiger partial charge in [0.25, 0.3) is 0 Å². The van der Waals surface area contributed by atoms with E-state index in [0.717, 1.165) is 12.8 Å². The van der Waals surface area contributed by atoms with E-state index in [1.54, 1.807) is 7.05 Å². The standard InChI is InChI=1S/C10H15BrN2O3S/c1-10(3-4-10)13-17(14,15)8-5-7(6-12-2)16-9(8)11/h5,12-13H,3-4,6H2,1-2H3. The largest absolute Gasteiger partial charge is 0.452 e. The van der Waals surface area contributed by atoms with Gasteiger partial charge in [-0.1, -0.05) is 0 Å². The van der Waals surface area contributed by atoms with Gasteiger partial charge < -0.3 is 9.73 Å². The molecule has 1 fully saturated rings. The minimum Gasteiger partial charge on any atom is -0.452 e. The number of hydrogen-bond donors (Lipinski definition) is 2. The average molecular weight is 323 g/mol. The fraction of sp³-hybridized carbons (Fsp3) is 0.600. The summed E-state index contributed by atoms with van der Waals surface area (Å²) in [4.78, 5) is 0.163. The van der Waals surface area contributed by atoms with Gasteiger partial charge in [-0.15, -0.1) is 0 Å². The third kappa shape index (κ3) is 2.90. The van der Waals surface area contributed by atoms with Crippen LogP contribution in [0, 0.1) is 0 Å². The Morgan fingerprint density at radius 3 is 2.71 bits per heavy atom. The van der Waals surface area contributed by atoms with E-state index in [1.165, 1.54) is 6.07 Å². The van der Waals surface area contributed by atoms with Crippen molar-refractivity contribution in [2.45, 2.75) is 36.7 Å². The van der Waals surface area contributed by atoms with Crippen LogP contribution in [0.5, 0.6) is 0 Å². The number of sulfonamides is 1. The van der Waals surface area contributed by atoms with Crippen molar-refractivity contribution in [2.75, 3.05) is 7.05 Å². The zero-order valence-electron chi connectivity index (χ0n) is 9.71. The molecule has 2 rings (SSSR count). The Hall–Kier alpha value is -0.370. The molecule has 17 heavy (non-hydrogen) atoms. The van der Waals surface area contributed by atoms with Crippen LogP contribution in [-0.4, -0.2) is 21.0 Å². The topological polar surface area (TPSA) is 71.3 Å². The third-order valence-electron chi connectivity index (χ3n) is 2.73. The minimum absolute atomic E-state index is 0.163. The lowest BCUT2D eigenvalue weighted by Gasteiger charge is -2.10. The van der Waals surface area contributed by atoms with Crippen molar-refractivity contribution < 1.29 is 12.8 Å². The summed E-state index contributed by atoms with van der Waals surface area (Å²) in [5, 5.41) is 2.91. The molecule has 2 N–H and O–H groups in total. The van der Waals surface area contributed by atoms with Gasteiger partial charge in [-0.05, 0) is 42.7 Å². The number of hydrogen-bond acceptors (Lipinski definition) is 4. The van der Waals surface area contributed by atoms with Crippen molar-refractivity contribution in [1.82, 2.24) is 10.0 Å². The zero-order chi connectivity index (χ0) is 12.7. The molecule has 0 radical (unpaired) electrons. The summed E-state index contributed by atoms with van der Waals surface area (Å²) in [6.07, 6.45) is 1.76. The van der Waals surface area contributed by atoms with E-state index in [9.17, 15) is 8.42 Å². The molecule has 1 aromatic heterocycles. The molecule has 0 bridgehead atoms. The van der Waals surface area contributed by atoms with E-state index in [2.05, 4.69) is 26.0 Å². The number of furan rings is 1. The van der Waals surface area contributed by atoms with Crippen molar-refractivity contribution in [3.63, 3.8) is 0 Å². The molecule has 1 aromatic rings. The van der Waals surface area contributed by atoms with Gasteiger partial charge in [0.1, 0.15) is 10.7 Å². The highest BCUT2D eigenvalue weighted by Gasteiger charge is 2.42. The van der Waals surface area contributed by atoms with Gasteiger partial charge in [-0.3, -0.25) is 0 Å². The number of rotatable bonds is 5. The summed E-state index contributed by atoms with van der Waals surface area (Å²) in [6, 6.07) is 1.54. The molecule has 1 aliphatic carbocycles. The molecule has 0 atom stereocenters. The third-order valence-corrected chi connectivity index (χ3v) is 5.22. The summed E-state index contributed by atoms with van der Waals surface area (Å²) in [5.74, 6) is 0.584. The van der Waals surface area contributed by atoms with Gasteiger partial charge in [0.15, 0.2) is 4.67 Å². The maximum Gasteiger partial charge on any atom is 0.245 e. The molecule has 0 aromatic carbocycles. The van der Waals surface area contributed by atoms with Gasteiger partial charge in [-0.25, -0.2) is 13.1 Å². The Morgan fingerprint density at radius 1 is 1.53 bits per heavy atom. The Kier molecular flexibility index (Phi) is 3.37. The van der Waals surface area contributed by atoms with Crippen LogP contribution in [0.2, 0.25) is 0 Å². The molecule has 0 aliphatic heterocycles. The molecule has 7 heteroatoms. The van der Waals surface area contributed by atoms with Crippen LogP contribution >= 0.6 is 15.9 Å². The fourth-order valence-corrected chi connectivity index (χ4v) is 3.98. The van der Waals surface area contributed by atoms with Gasteiger partial charge in [0, 0.05) is 11.6 Å². The molecule has 1 heterocycles. The lowest BCUT2D eigenvalue weighted by Crippen LogP contribution is -2.34. The number of halogens is 1. The van der Waals surface area contributed by atoms with E-state index in [-0.39, 0.29) is 15.1 Å². The molecular weight excluding hydrogens is 308 g/mol. The normalized spacial score (nSPS) is 18.3. The van der Waals surface area contributed by atoms with Crippen LogP contribution in [-0.2, 0) is 16.6 Å². The van der Waals surface area contributed by atoms with Crippen molar-refractivity contribution in [3.8, 4) is 0 Å². The van der Waals surface area contributed by atoms with Gasteiger partial charge in [0.2, 0.25) is 10.0 Å². The molecule has 0 unspecified atom stereocenters. The lowest BCUT2D eigenvalue weighted by molar-refractivity contribution is 0.469. The van der Waals surface area contributed by atoms with Crippen molar-refractivity contribution in [1.29, 1.82) is 0 Å². The monoisotopic (exact) mass is 322 g/mol. The first-order chi connectivity index (χ1) is 7.86. The van der Waals surface area contributed by atoms with Gasteiger partial charge in [-0.2, -0.15) is 0 Å². The average Bonchev–Trinajstić information content (AvgIpc) is 2.77. The van der Waals surface area contributed by atoms with Crippen molar-refractivity contribution in [3.05, 3.63) is 16.5 Å². The van der Waals surface area contributed by atoms with E-state index in [4.69, 9.17) is 4.42 Å². The first-order valence-electron chi connectivity index (χ1n) is 5.33. The summed E-state index contributed by atoms with van der Waals surface area (Å²) in [7, 11) is -1.73. The van der Waals surface area contributed by atoms with Crippen LogP contribution in [0.4, 0.5) is 0 Å². The maximum atomic E-state index is 12.1. The quantitative estimate of drug-likeness (QED) is 0.863. The highest BCUT2D eigenvalue weighted by Crippen LogP contribution is 2.37. The summed E-state index contributed by atoms with van der Waals surface area (Å²) in [6.45, 7) is 2.39. The van der Waals surface area contributed by atoms with Crippen LogP contribution in [0.25, 0.3) is 0 Å². The molecule has 1 aliphatic rings. The Morgan fingerprint density at radius 2 is 2.18 bits per heavy atom. The molecule has 5 nitrogen and oxygen atoms in total. The summed E-state index contributed by atoms with van der Waals surface area (Å²) < 4.78 is 32.5. The van der Waals surface area contributed by atoms with Crippen LogP contribution in [0.1, 0.15) is 25.5 Å². The van der Waals surface area contributed by atoms with Crippen LogP contribution in [0.15, 0.2) is 20.0 Å². The molecular formula is C10H15BrN2O3S. The number of nitrogens with one attached hydrogen (secondary N) is 2. The minimum atomic E-state index is -3.50. The van der Waals surface area contributed by atoms with E-state index in [0.29, 0.717) is 12.3 Å². The fourth-order valence-electron chi connectivity index (χ4n) is 1.51. The van der Waals surface area contributed by atoms with E-state index in [1.807, 2.05) is 6.92 Å². The molecule has 0 saturated heterocycles. The van der Waals surface area contributed by atoms with Crippen LogP contribution in [0.3, 0.4) is 0 Å². The predicted molar refractivity (Wildman–Crippen MR) is 67.1 cm³/mol. The van der Waals surface area contributed by atoms with Crippen molar-refractivity contribution in [2.24, 2.45) is 0 Å². The Labute approximate surface area is 109 Å². The van der Waals surface area contributed by atoms with Gasteiger partial charge >= 0.3 is 0 Å². The molecule has 96 valence electrons. The second-order valence-corrected chi connectivity index (χ2v) is 6.92. The first-order valence-corrected chi connectivity index (χ1v) is 7.61. The second kappa shape index (κ2) is 4.38. The zero-order valence-corrected chi connectivity index (χ0v) is 12.1. The lowest BCUT2D eigenvalue weighted by atomic mass is 10.4. The van der Waals surface area contributed by atoms with Gasteiger partial charge in [0.05, 0.1) is 6.54 Å². The summed E-state index contributed by atoms with van der Waals surface area (Å²) in [5.41, 5.74) is -0.279. The molecule has 1 saturated carbocycles. The van der Waals surface area contributed by atoms with E-state index < -0.39 is 10.0 Å². The predicted octanol–water partition coefficient (Wildman–Crippen LogP) is 1.59. The maximum absolute atomic E-state index is 12.1. The van der Waals surface area contributed by atoms with E-state index >= 15 is 0 Å². The molecule has 0 spiro atoms. The Balaban J connectivity index is 2.26. The molecule has 0 amide bonds. The highest BCUT2D eigenvalue weighted by molar-refractivity contribution is 9.10. The SMILES string of the molecule is CNCc1cc(S(=O)(=O)NC2(C)CC2)c(Br)o1. The highest BCUT2D eigenvalue weighted by atomic mass is 79.9. The van der Waals surface area contributed by atoms with Crippen LogP contribution < -0.4 is 10.0 Å². The smallest absolute Gasteiger partial charge is 0.245 e. The second-order valence-electron chi connectivity index (χ2n) is 4.55. The first kappa shape index (κ1) is 13.1. The Bertz CT molecular complexity index is 520.